The molecule has 6 nitrogen and oxygen atoms in total. The molecule has 120 valence electrons. The number of ether oxygens (including phenoxy) is 2. The molecule has 0 amide bonds. The van der Waals surface area contributed by atoms with Crippen molar-refractivity contribution < 1.29 is 9.47 Å². The van der Waals surface area contributed by atoms with Crippen molar-refractivity contribution in [2.45, 2.75) is 13.5 Å². The van der Waals surface area contributed by atoms with Gasteiger partial charge in [-0.2, -0.15) is 0 Å². The molecule has 0 bridgehead atoms. The fraction of sp³-hybridized carbons (Fsp3) is 0.294. The molecule has 0 saturated heterocycles. The van der Waals surface area contributed by atoms with E-state index in [1.807, 2.05) is 42.0 Å². The number of rotatable bonds is 5. The number of nitrogens with zero attached hydrogens (tertiary/aromatic N) is 3. The topological polar surface area (TPSA) is 75.2 Å². The summed E-state index contributed by atoms with van der Waals surface area (Å²) in [5, 5.41) is 0. The van der Waals surface area contributed by atoms with Crippen LogP contribution >= 0.6 is 0 Å². The molecule has 0 aliphatic carbocycles. The Morgan fingerprint density at radius 3 is 2.61 bits per heavy atom. The van der Waals surface area contributed by atoms with E-state index in [-0.39, 0.29) is 0 Å². The SMILES string of the molecule is COc1ccc(-c2nc3cc(C)cnc3n2CCN)cc1OC. The van der Waals surface area contributed by atoms with E-state index >= 15 is 0 Å². The lowest BCUT2D eigenvalue weighted by atomic mass is 10.2. The van der Waals surface area contributed by atoms with Gasteiger partial charge in [-0.05, 0) is 36.8 Å². The molecule has 2 N–H and O–H groups in total. The van der Waals surface area contributed by atoms with E-state index < -0.39 is 0 Å². The minimum atomic E-state index is 0.515. The van der Waals surface area contributed by atoms with Crippen LogP contribution in [-0.4, -0.2) is 35.3 Å². The monoisotopic (exact) mass is 312 g/mol. The van der Waals surface area contributed by atoms with Crippen molar-refractivity contribution in [1.82, 2.24) is 14.5 Å². The predicted molar refractivity (Wildman–Crippen MR) is 89.9 cm³/mol. The standard InChI is InChI=1S/C17H20N4O2/c1-11-8-13-17(19-10-11)21(7-6-18)16(20-13)12-4-5-14(22-2)15(9-12)23-3/h4-5,8-10H,6-7,18H2,1-3H3. The molecular weight excluding hydrogens is 292 g/mol. The number of imidazole rings is 1. The minimum Gasteiger partial charge on any atom is -0.493 e. The van der Waals surface area contributed by atoms with Gasteiger partial charge in [-0.1, -0.05) is 0 Å². The van der Waals surface area contributed by atoms with Crippen LogP contribution in [0.2, 0.25) is 0 Å². The summed E-state index contributed by atoms with van der Waals surface area (Å²) in [5.41, 5.74) is 9.49. The molecule has 0 unspecified atom stereocenters. The number of aryl methyl sites for hydroxylation is 1. The molecule has 0 aliphatic heterocycles. The average molecular weight is 312 g/mol. The maximum atomic E-state index is 5.77. The van der Waals surface area contributed by atoms with E-state index in [0.717, 1.165) is 28.1 Å². The zero-order valence-electron chi connectivity index (χ0n) is 13.5. The van der Waals surface area contributed by atoms with Gasteiger partial charge in [0.1, 0.15) is 11.3 Å². The van der Waals surface area contributed by atoms with Gasteiger partial charge in [-0.25, -0.2) is 9.97 Å². The number of benzene rings is 1. The van der Waals surface area contributed by atoms with E-state index in [0.29, 0.717) is 24.6 Å². The first-order valence-corrected chi connectivity index (χ1v) is 7.43. The number of pyridine rings is 1. The van der Waals surface area contributed by atoms with Crippen molar-refractivity contribution in [1.29, 1.82) is 0 Å². The van der Waals surface area contributed by atoms with Gasteiger partial charge >= 0.3 is 0 Å². The van der Waals surface area contributed by atoms with Crippen LogP contribution in [0.4, 0.5) is 0 Å². The van der Waals surface area contributed by atoms with Gasteiger partial charge in [0, 0.05) is 24.8 Å². The first-order chi connectivity index (χ1) is 11.2. The van der Waals surface area contributed by atoms with Crippen LogP contribution in [0.5, 0.6) is 11.5 Å². The Morgan fingerprint density at radius 1 is 1.13 bits per heavy atom. The number of hydrogen-bond acceptors (Lipinski definition) is 5. The maximum absolute atomic E-state index is 5.77. The lowest BCUT2D eigenvalue weighted by Gasteiger charge is -2.11. The van der Waals surface area contributed by atoms with Gasteiger partial charge in [-0.3, -0.25) is 0 Å². The van der Waals surface area contributed by atoms with Crippen molar-refractivity contribution in [2.75, 3.05) is 20.8 Å². The lowest BCUT2D eigenvalue weighted by molar-refractivity contribution is 0.355. The number of nitrogens with two attached hydrogens (primary N) is 1. The minimum absolute atomic E-state index is 0.515. The molecule has 0 atom stereocenters. The first-order valence-electron chi connectivity index (χ1n) is 7.43. The molecule has 2 aromatic heterocycles. The fourth-order valence-corrected chi connectivity index (χ4v) is 2.65. The van der Waals surface area contributed by atoms with Crippen LogP contribution in [-0.2, 0) is 6.54 Å². The molecule has 0 saturated carbocycles. The largest absolute Gasteiger partial charge is 0.493 e. The van der Waals surface area contributed by atoms with Crippen LogP contribution < -0.4 is 15.2 Å². The highest BCUT2D eigenvalue weighted by molar-refractivity contribution is 5.78. The fourth-order valence-electron chi connectivity index (χ4n) is 2.65. The van der Waals surface area contributed by atoms with E-state index in [4.69, 9.17) is 20.2 Å². The van der Waals surface area contributed by atoms with Gasteiger partial charge in [0.2, 0.25) is 0 Å². The van der Waals surface area contributed by atoms with Crippen molar-refractivity contribution in [2.24, 2.45) is 5.73 Å². The maximum Gasteiger partial charge on any atom is 0.161 e. The normalized spacial score (nSPS) is 11.0. The summed E-state index contributed by atoms with van der Waals surface area (Å²) in [6.45, 7) is 3.17. The Labute approximate surface area is 134 Å². The van der Waals surface area contributed by atoms with Crippen LogP contribution in [0.3, 0.4) is 0 Å². The highest BCUT2D eigenvalue weighted by Gasteiger charge is 2.15. The predicted octanol–water partition coefficient (Wildman–Crippen LogP) is 2.38. The Bertz CT molecular complexity index is 842. The second-order valence-corrected chi connectivity index (χ2v) is 5.30. The summed E-state index contributed by atoms with van der Waals surface area (Å²) in [5.74, 6) is 2.18. The number of fused-ring (bicyclic) bond motifs is 1. The quantitative estimate of drug-likeness (QED) is 0.783. The van der Waals surface area contributed by atoms with Crippen molar-refractivity contribution in [3.63, 3.8) is 0 Å². The van der Waals surface area contributed by atoms with Crippen molar-refractivity contribution in [3.8, 4) is 22.9 Å². The van der Waals surface area contributed by atoms with Crippen LogP contribution in [0.1, 0.15) is 5.56 Å². The molecule has 2 heterocycles. The number of hydrogen-bond donors (Lipinski definition) is 1. The molecule has 0 radical (unpaired) electrons. The van der Waals surface area contributed by atoms with Gasteiger partial charge in [0.25, 0.3) is 0 Å². The highest BCUT2D eigenvalue weighted by Crippen LogP contribution is 2.33. The summed E-state index contributed by atoms with van der Waals surface area (Å²) in [6, 6.07) is 7.78. The van der Waals surface area contributed by atoms with Gasteiger partial charge < -0.3 is 19.8 Å². The lowest BCUT2D eigenvalue weighted by Crippen LogP contribution is -2.11. The van der Waals surface area contributed by atoms with E-state index in [1.165, 1.54) is 0 Å². The summed E-state index contributed by atoms with van der Waals surface area (Å²) < 4.78 is 12.7. The van der Waals surface area contributed by atoms with E-state index in [2.05, 4.69) is 4.98 Å². The molecule has 6 heteroatoms. The van der Waals surface area contributed by atoms with E-state index in [1.54, 1.807) is 14.2 Å². The Balaban J connectivity index is 2.20. The third kappa shape index (κ3) is 2.73. The molecule has 23 heavy (non-hydrogen) atoms. The van der Waals surface area contributed by atoms with Crippen LogP contribution in [0.25, 0.3) is 22.6 Å². The molecule has 1 aromatic carbocycles. The van der Waals surface area contributed by atoms with Gasteiger partial charge in [0.15, 0.2) is 17.1 Å². The number of aromatic nitrogens is 3. The molecule has 3 rings (SSSR count). The summed E-state index contributed by atoms with van der Waals surface area (Å²) in [4.78, 5) is 9.25. The average Bonchev–Trinajstić information content (AvgIpc) is 2.92. The Morgan fingerprint density at radius 2 is 1.91 bits per heavy atom. The second kappa shape index (κ2) is 6.26. The zero-order valence-corrected chi connectivity index (χ0v) is 13.5. The van der Waals surface area contributed by atoms with E-state index in [9.17, 15) is 0 Å². The number of methoxy groups -OCH3 is 2. The zero-order chi connectivity index (χ0) is 16.4. The van der Waals surface area contributed by atoms with Crippen LogP contribution in [0, 0.1) is 6.92 Å². The van der Waals surface area contributed by atoms with Crippen molar-refractivity contribution in [3.05, 3.63) is 36.0 Å². The Hall–Kier alpha value is -2.60. The summed E-state index contributed by atoms with van der Waals surface area (Å²) in [6.07, 6.45) is 1.84. The Kier molecular flexibility index (Phi) is 4.16. The third-order valence-electron chi connectivity index (χ3n) is 3.72. The molecule has 0 fully saturated rings. The molecular formula is C17H20N4O2. The van der Waals surface area contributed by atoms with Gasteiger partial charge in [-0.15, -0.1) is 0 Å². The molecule has 0 aliphatic rings. The third-order valence-corrected chi connectivity index (χ3v) is 3.72. The molecule has 3 aromatic rings. The first kappa shape index (κ1) is 15.3. The molecule has 0 spiro atoms. The highest BCUT2D eigenvalue weighted by atomic mass is 16.5. The van der Waals surface area contributed by atoms with Gasteiger partial charge in [0.05, 0.1) is 14.2 Å². The second-order valence-electron chi connectivity index (χ2n) is 5.30. The van der Waals surface area contributed by atoms with Crippen molar-refractivity contribution >= 4 is 11.2 Å². The van der Waals surface area contributed by atoms with Crippen LogP contribution in [0.15, 0.2) is 30.5 Å². The summed E-state index contributed by atoms with van der Waals surface area (Å²) >= 11 is 0. The summed E-state index contributed by atoms with van der Waals surface area (Å²) in [7, 11) is 3.24. The smallest absolute Gasteiger partial charge is 0.161 e.